The van der Waals surface area contributed by atoms with Crippen LogP contribution < -0.4 is 0 Å². The maximum atomic E-state index is 12.6. The lowest BCUT2D eigenvalue weighted by Gasteiger charge is -2.21. The van der Waals surface area contributed by atoms with Gasteiger partial charge in [0.1, 0.15) is 11.6 Å². The molecule has 0 aromatic rings. The van der Waals surface area contributed by atoms with Gasteiger partial charge in [-0.15, -0.1) is 0 Å². The molecule has 2 nitrogen and oxygen atoms in total. The highest BCUT2D eigenvalue weighted by Gasteiger charge is 2.36. The van der Waals surface area contributed by atoms with E-state index in [1.54, 1.807) is 13.8 Å². The predicted octanol–water partition coefficient (Wildman–Crippen LogP) is 5.20. The molecule has 0 aromatic heterocycles. The number of carbonyl (C=O) groups is 2. The van der Waals surface area contributed by atoms with E-state index in [-0.39, 0.29) is 30.5 Å². The van der Waals surface area contributed by atoms with E-state index >= 15 is 0 Å². The molecule has 0 aliphatic rings. The van der Waals surface area contributed by atoms with Crippen molar-refractivity contribution in [3.63, 3.8) is 0 Å². The van der Waals surface area contributed by atoms with Crippen molar-refractivity contribution in [2.24, 2.45) is 23.7 Å². The Bertz CT molecular complexity index is 359. The highest BCUT2D eigenvalue weighted by Crippen LogP contribution is 2.30. The van der Waals surface area contributed by atoms with Crippen molar-refractivity contribution in [2.45, 2.75) is 72.9 Å². The lowest BCUT2D eigenvalue weighted by atomic mass is 9.84. The number of alkyl halides is 3. The van der Waals surface area contributed by atoms with Crippen molar-refractivity contribution >= 4 is 11.6 Å². The van der Waals surface area contributed by atoms with Gasteiger partial charge in [0, 0.05) is 11.8 Å². The zero-order chi connectivity index (χ0) is 17.5. The van der Waals surface area contributed by atoms with Crippen molar-refractivity contribution in [2.75, 3.05) is 0 Å². The van der Waals surface area contributed by atoms with Crippen LogP contribution in [0.2, 0.25) is 0 Å². The maximum absolute atomic E-state index is 12.6. The number of hydrogen-bond acceptors (Lipinski definition) is 2. The zero-order valence-corrected chi connectivity index (χ0v) is 14.3. The molecule has 0 heterocycles. The maximum Gasteiger partial charge on any atom is 0.389 e. The molecule has 0 aliphatic carbocycles. The Hall–Kier alpha value is -0.870. The molecule has 0 aromatic carbocycles. The third-order valence-corrected chi connectivity index (χ3v) is 3.74. The first-order valence-corrected chi connectivity index (χ1v) is 8.08. The van der Waals surface area contributed by atoms with Crippen LogP contribution in [-0.4, -0.2) is 17.7 Å². The third kappa shape index (κ3) is 9.21. The second-order valence-corrected chi connectivity index (χ2v) is 6.99. The minimum atomic E-state index is -4.37. The Balaban J connectivity index is 4.82. The monoisotopic (exact) mass is 322 g/mol. The summed E-state index contributed by atoms with van der Waals surface area (Å²) in [6.07, 6.45) is -4.39. The number of rotatable bonds is 10. The molecule has 0 aliphatic heterocycles. The third-order valence-electron chi connectivity index (χ3n) is 3.74. The standard InChI is InChI=1S/C17H29F3O2/c1-6-13(7-11(2)3)15(21)9-16(22)14(8-12(4)5)10-17(18,19)20/h11-14H,6-10H2,1-5H3. The highest BCUT2D eigenvalue weighted by molar-refractivity contribution is 6.01. The number of carbonyl (C=O) groups excluding carboxylic acids is 2. The van der Waals surface area contributed by atoms with Gasteiger partial charge in [-0.1, -0.05) is 34.6 Å². The van der Waals surface area contributed by atoms with E-state index in [4.69, 9.17) is 0 Å². The number of halogens is 3. The molecule has 2 atom stereocenters. The van der Waals surface area contributed by atoms with E-state index in [0.717, 1.165) is 0 Å². The van der Waals surface area contributed by atoms with Gasteiger partial charge in [0.2, 0.25) is 0 Å². The van der Waals surface area contributed by atoms with E-state index in [2.05, 4.69) is 0 Å². The Labute approximate surface area is 131 Å². The van der Waals surface area contributed by atoms with Crippen molar-refractivity contribution in [1.29, 1.82) is 0 Å². The van der Waals surface area contributed by atoms with Gasteiger partial charge in [-0.05, 0) is 31.1 Å². The van der Waals surface area contributed by atoms with Gasteiger partial charge in [-0.25, -0.2) is 0 Å². The SMILES string of the molecule is CCC(CC(C)C)C(=O)CC(=O)C(CC(C)C)CC(F)(F)F. The van der Waals surface area contributed by atoms with Crippen LogP contribution in [-0.2, 0) is 9.59 Å². The summed E-state index contributed by atoms with van der Waals surface area (Å²) in [6, 6.07) is 0. The average molecular weight is 322 g/mol. The quantitative estimate of drug-likeness (QED) is 0.518. The molecular formula is C17H29F3O2. The van der Waals surface area contributed by atoms with Crippen LogP contribution in [0, 0.1) is 23.7 Å². The molecule has 0 fully saturated rings. The van der Waals surface area contributed by atoms with Crippen LogP contribution in [0.25, 0.3) is 0 Å². The van der Waals surface area contributed by atoms with E-state index in [1.807, 2.05) is 20.8 Å². The normalized spacial score (nSPS) is 15.2. The lowest BCUT2D eigenvalue weighted by Crippen LogP contribution is -2.28. The molecular weight excluding hydrogens is 293 g/mol. The van der Waals surface area contributed by atoms with Gasteiger partial charge >= 0.3 is 6.18 Å². The van der Waals surface area contributed by atoms with Gasteiger partial charge in [0.05, 0.1) is 12.8 Å². The molecule has 5 heteroatoms. The Morgan fingerprint density at radius 3 is 1.64 bits per heavy atom. The molecule has 0 saturated heterocycles. The second kappa shape index (κ2) is 9.31. The molecule has 0 rings (SSSR count). The summed E-state index contributed by atoms with van der Waals surface area (Å²) in [5.41, 5.74) is 0. The fraction of sp³-hybridized carbons (Fsp3) is 0.882. The van der Waals surface area contributed by atoms with Crippen LogP contribution in [0.15, 0.2) is 0 Å². The summed E-state index contributed by atoms with van der Waals surface area (Å²) in [4.78, 5) is 24.3. The summed E-state index contributed by atoms with van der Waals surface area (Å²) in [5, 5.41) is 0. The number of ketones is 2. The smallest absolute Gasteiger partial charge is 0.299 e. The van der Waals surface area contributed by atoms with Crippen molar-refractivity contribution in [3.8, 4) is 0 Å². The molecule has 0 radical (unpaired) electrons. The molecule has 0 bridgehead atoms. The fourth-order valence-electron chi connectivity index (χ4n) is 2.73. The zero-order valence-electron chi connectivity index (χ0n) is 14.3. The number of hydrogen-bond donors (Lipinski definition) is 0. The van der Waals surface area contributed by atoms with Crippen molar-refractivity contribution < 1.29 is 22.8 Å². The van der Waals surface area contributed by atoms with Crippen molar-refractivity contribution in [3.05, 3.63) is 0 Å². The minimum Gasteiger partial charge on any atom is -0.299 e. The predicted molar refractivity (Wildman–Crippen MR) is 81.5 cm³/mol. The molecule has 2 unspecified atom stereocenters. The largest absolute Gasteiger partial charge is 0.389 e. The summed E-state index contributed by atoms with van der Waals surface area (Å²) in [6.45, 7) is 9.42. The fourth-order valence-corrected chi connectivity index (χ4v) is 2.73. The first-order valence-electron chi connectivity index (χ1n) is 8.08. The molecule has 130 valence electrons. The van der Waals surface area contributed by atoms with Crippen LogP contribution in [0.4, 0.5) is 13.2 Å². The average Bonchev–Trinajstić information content (AvgIpc) is 2.32. The summed E-state index contributed by atoms with van der Waals surface area (Å²) < 4.78 is 37.8. The van der Waals surface area contributed by atoms with Crippen LogP contribution >= 0.6 is 0 Å². The minimum absolute atomic E-state index is 0.0101. The summed E-state index contributed by atoms with van der Waals surface area (Å²) in [5.74, 6) is -1.78. The summed E-state index contributed by atoms with van der Waals surface area (Å²) in [7, 11) is 0. The molecule has 0 spiro atoms. The van der Waals surface area contributed by atoms with Gasteiger partial charge in [0.25, 0.3) is 0 Å². The summed E-state index contributed by atoms with van der Waals surface area (Å²) >= 11 is 0. The Kier molecular flexibility index (Phi) is 8.94. The lowest BCUT2D eigenvalue weighted by molar-refractivity contribution is -0.155. The Morgan fingerprint density at radius 2 is 1.27 bits per heavy atom. The van der Waals surface area contributed by atoms with E-state index in [0.29, 0.717) is 18.8 Å². The van der Waals surface area contributed by atoms with Crippen LogP contribution in [0.1, 0.15) is 66.7 Å². The molecule has 22 heavy (non-hydrogen) atoms. The molecule has 0 N–H and O–H groups in total. The van der Waals surface area contributed by atoms with Crippen molar-refractivity contribution in [1.82, 2.24) is 0 Å². The van der Waals surface area contributed by atoms with E-state index < -0.39 is 24.3 Å². The van der Waals surface area contributed by atoms with Gasteiger partial charge < -0.3 is 0 Å². The highest BCUT2D eigenvalue weighted by atomic mass is 19.4. The Morgan fingerprint density at radius 1 is 0.864 bits per heavy atom. The van der Waals surface area contributed by atoms with Gasteiger partial charge in [-0.2, -0.15) is 13.2 Å². The topological polar surface area (TPSA) is 34.1 Å². The molecule has 0 saturated carbocycles. The van der Waals surface area contributed by atoms with Gasteiger partial charge in [0.15, 0.2) is 0 Å². The van der Waals surface area contributed by atoms with E-state index in [1.165, 1.54) is 0 Å². The van der Waals surface area contributed by atoms with Crippen LogP contribution in [0.5, 0.6) is 0 Å². The first-order chi connectivity index (χ1) is 9.96. The number of Topliss-reactive ketones (excluding diaryl/α,β-unsaturated/α-hetero) is 2. The first kappa shape index (κ1) is 21.1. The van der Waals surface area contributed by atoms with Crippen LogP contribution in [0.3, 0.4) is 0 Å². The second-order valence-electron chi connectivity index (χ2n) is 6.99. The van der Waals surface area contributed by atoms with E-state index in [9.17, 15) is 22.8 Å². The molecule has 0 amide bonds. The van der Waals surface area contributed by atoms with Gasteiger partial charge in [-0.3, -0.25) is 9.59 Å².